The van der Waals surface area contributed by atoms with Gasteiger partial charge >= 0.3 is 12.1 Å². The van der Waals surface area contributed by atoms with Gasteiger partial charge in [-0.25, -0.2) is 0 Å². The molecule has 0 aliphatic heterocycles. The Morgan fingerprint density at radius 1 is 1.10 bits per heavy atom. The zero-order valence-corrected chi connectivity index (χ0v) is 12.1. The molecule has 0 aliphatic rings. The molecular weight excluding hydrogens is 349 g/mol. The van der Waals surface area contributed by atoms with E-state index in [1.165, 1.54) is 0 Å². The molecular formula is C11H8Cl3F5O. The Morgan fingerprint density at radius 2 is 1.65 bits per heavy atom. The molecule has 9 heteroatoms. The van der Waals surface area contributed by atoms with E-state index < -0.39 is 23.0 Å². The molecule has 1 aromatic rings. The van der Waals surface area contributed by atoms with Gasteiger partial charge in [0.05, 0.1) is 11.6 Å². The average Bonchev–Trinajstić information content (AvgIpc) is 2.31. The number of ether oxygens (including phenoxy) is 1. The Hall–Kier alpha value is -0.460. The predicted molar refractivity (Wildman–Crippen MR) is 67.2 cm³/mol. The maximum Gasteiger partial charge on any atom is 0.455 e. The third-order valence-electron chi connectivity index (χ3n) is 2.32. The molecule has 114 valence electrons. The number of rotatable bonds is 4. The quantitative estimate of drug-likeness (QED) is 0.484. The van der Waals surface area contributed by atoms with Gasteiger partial charge in [0.1, 0.15) is 11.1 Å². The van der Waals surface area contributed by atoms with Crippen LogP contribution in [0.1, 0.15) is 17.9 Å². The number of alkyl halides is 6. The highest BCUT2D eigenvalue weighted by molar-refractivity contribution is 6.35. The number of halogens is 8. The Morgan fingerprint density at radius 3 is 2.10 bits per heavy atom. The van der Waals surface area contributed by atoms with Gasteiger partial charge in [0.25, 0.3) is 0 Å². The lowest BCUT2D eigenvalue weighted by atomic mass is 10.1. The summed E-state index contributed by atoms with van der Waals surface area (Å²) in [5, 5.41) is -3.24. The lowest BCUT2D eigenvalue weighted by Gasteiger charge is -2.25. The van der Waals surface area contributed by atoms with Crippen molar-refractivity contribution in [3.05, 3.63) is 27.7 Å². The Bertz CT molecular complexity index is 490. The smallest absolute Gasteiger partial charge is 0.455 e. The molecule has 1 atom stereocenters. The molecule has 0 saturated carbocycles. The lowest BCUT2D eigenvalue weighted by molar-refractivity contribution is -0.283. The standard InChI is InChI=1S/C11H8Cl3F5O/c1-2-20-8-4-6(12)5(3-7(8)13)9(14)10(15,16)11(17,18)19/h3-4,9H,2H2,1H3. The largest absolute Gasteiger partial charge is 0.492 e. The fourth-order valence-corrected chi connectivity index (χ4v) is 2.19. The van der Waals surface area contributed by atoms with Gasteiger partial charge in [0.15, 0.2) is 0 Å². The minimum absolute atomic E-state index is 0.0714. The molecule has 1 rings (SSSR count). The average molecular weight is 358 g/mol. The normalized spacial score (nSPS) is 14.2. The zero-order chi connectivity index (χ0) is 15.7. The van der Waals surface area contributed by atoms with Crippen LogP contribution in [-0.4, -0.2) is 18.7 Å². The lowest BCUT2D eigenvalue weighted by Crippen LogP contribution is -2.40. The molecule has 1 unspecified atom stereocenters. The summed E-state index contributed by atoms with van der Waals surface area (Å²) in [6.45, 7) is 1.86. The Balaban J connectivity index is 3.24. The Labute approximate surface area is 126 Å². The van der Waals surface area contributed by atoms with Crippen LogP contribution in [0.25, 0.3) is 0 Å². The van der Waals surface area contributed by atoms with Gasteiger partial charge in [0.2, 0.25) is 0 Å². The van der Waals surface area contributed by atoms with Crippen LogP contribution in [0.4, 0.5) is 22.0 Å². The van der Waals surface area contributed by atoms with E-state index in [0.717, 1.165) is 12.1 Å². The third kappa shape index (κ3) is 3.40. The molecule has 1 aromatic carbocycles. The second-order valence-corrected chi connectivity index (χ2v) is 4.97. The van der Waals surface area contributed by atoms with E-state index >= 15 is 0 Å². The first kappa shape index (κ1) is 17.6. The van der Waals surface area contributed by atoms with Crippen molar-refractivity contribution in [2.24, 2.45) is 0 Å². The van der Waals surface area contributed by atoms with Crippen LogP contribution in [0, 0.1) is 0 Å². The molecule has 0 fully saturated rings. The van der Waals surface area contributed by atoms with Crippen LogP contribution >= 0.6 is 34.8 Å². The highest BCUT2D eigenvalue weighted by Gasteiger charge is 2.62. The third-order valence-corrected chi connectivity index (χ3v) is 3.45. The number of hydrogen-bond donors (Lipinski definition) is 0. The van der Waals surface area contributed by atoms with Crippen molar-refractivity contribution >= 4 is 34.8 Å². The van der Waals surface area contributed by atoms with Gasteiger partial charge in [-0.2, -0.15) is 22.0 Å². The predicted octanol–water partition coefficient (Wildman–Crippen LogP) is 5.87. The monoisotopic (exact) mass is 356 g/mol. The molecule has 0 aromatic heterocycles. The van der Waals surface area contributed by atoms with E-state index in [4.69, 9.17) is 39.5 Å². The van der Waals surface area contributed by atoms with Gasteiger partial charge in [0, 0.05) is 11.1 Å². The highest BCUT2D eigenvalue weighted by atomic mass is 35.5. The van der Waals surface area contributed by atoms with Crippen molar-refractivity contribution in [3.63, 3.8) is 0 Å². The van der Waals surface area contributed by atoms with Gasteiger partial charge in [-0.15, -0.1) is 11.6 Å². The molecule has 0 saturated heterocycles. The maximum atomic E-state index is 13.2. The summed E-state index contributed by atoms with van der Waals surface area (Å²) in [7, 11) is 0. The first-order valence-corrected chi connectivity index (χ1v) is 6.42. The number of hydrogen-bond acceptors (Lipinski definition) is 1. The van der Waals surface area contributed by atoms with Crippen LogP contribution in [0.15, 0.2) is 12.1 Å². The second-order valence-electron chi connectivity index (χ2n) is 3.72. The van der Waals surface area contributed by atoms with Gasteiger partial charge < -0.3 is 4.74 Å². The summed E-state index contributed by atoms with van der Waals surface area (Å²) in [5.41, 5.74) is -0.621. The van der Waals surface area contributed by atoms with Crippen LogP contribution in [-0.2, 0) is 0 Å². The molecule has 0 bridgehead atoms. The summed E-state index contributed by atoms with van der Waals surface area (Å²) in [4.78, 5) is 0. The molecule has 0 spiro atoms. The number of benzene rings is 1. The van der Waals surface area contributed by atoms with E-state index in [1.807, 2.05) is 0 Å². The topological polar surface area (TPSA) is 9.23 Å². The summed E-state index contributed by atoms with van der Waals surface area (Å²) in [6.07, 6.45) is -5.80. The summed E-state index contributed by atoms with van der Waals surface area (Å²) < 4.78 is 68.2. The molecule has 1 nitrogen and oxygen atoms in total. The van der Waals surface area contributed by atoms with Crippen molar-refractivity contribution < 1.29 is 26.7 Å². The first-order valence-electron chi connectivity index (χ1n) is 5.22. The fraction of sp³-hybridized carbons (Fsp3) is 0.455. The van der Waals surface area contributed by atoms with E-state index in [-0.39, 0.29) is 22.4 Å². The van der Waals surface area contributed by atoms with Crippen molar-refractivity contribution in [1.82, 2.24) is 0 Å². The molecule has 0 N–H and O–H groups in total. The molecule has 20 heavy (non-hydrogen) atoms. The van der Waals surface area contributed by atoms with Crippen molar-refractivity contribution in [3.8, 4) is 5.75 Å². The van der Waals surface area contributed by atoms with Gasteiger partial charge in [-0.1, -0.05) is 23.2 Å². The van der Waals surface area contributed by atoms with Crippen molar-refractivity contribution in [2.45, 2.75) is 24.4 Å². The Kier molecular flexibility index (Phi) is 5.38. The van der Waals surface area contributed by atoms with E-state index in [1.54, 1.807) is 6.92 Å². The molecule has 0 aliphatic carbocycles. The van der Waals surface area contributed by atoms with Gasteiger partial charge in [-0.05, 0) is 18.6 Å². The fourth-order valence-electron chi connectivity index (χ4n) is 1.34. The first-order chi connectivity index (χ1) is 9.02. The van der Waals surface area contributed by atoms with Gasteiger partial charge in [-0.3, -0.25) is 0 Å². The SMILES string of the molecule is CCOc1cc(Cl)c(C(Cl)C(F)(F)C(F)(F)F)cc1Cl. The van der Waals surface area contributed by atoms with E-state index in [0.29, 0.717) is 0 Å². The zero-order valence-electron chi connectivity index (χ0n) is 9.87. The van der Waals surface area contributed by atoms with Crippen molar-refractivity contribution in [1.29, 1.82) is 0 Å². The highest BCUT2D eigenvalue weighted by Crippen LogP contribution is 2.50. The van der Waals surface area contributed by atoms with Crippen molar-refractivity contribution in [2.75, 3.05) is 6.61 Å². The van der Waals surface area contributed by atoms with Crippen LogP contribution in [0.2, 0.25) is 10.0 Å². The van der Waals surface area contributed by atoms with Crippen LogP contribution < -0.4 is 4.74 Å². The summed E-state index contributed by atoms with van der Waals surface area (Å²) in [5.74, 6) is -5.07. The minimum Gasteiger partial charge on any atom is -0.492 e. The molecule has 0 amide bonds. The summed E-state index contributed by atoms with van der Waals surface area (Å²) in [6, 6.07) is 1.89. The molecule has 0 radical (unpaired) electrons. The minimum atomic E-state index is -5.80. The maximum absolute atomic E-state index is 13.2. The van der Waals surface area contributed by atoms with E-state index in [2.05, 4.69) is 0 Å². The molecule has 0 heterocycles. The van der Waals surface area contributed by atoms with E-state index in [9.17, 15) is 22.0 Å². The van der Waals surface area contributed by atoms with Crippen LogP contribution in [0.3, 0.4) is 0 Å². The van der Waals surface area contributed by atoms with Crippen LogP contribution in [0.5, 0.6) is 5.75 Å². The summed E-state index contributed by atoms with van der Waals surface area (Å²) >= 11 is 16.6. The second kappa shape index (κ2) is 6.12.